The zero-order chi connectivity index (χ0) is 25.6. The van der Waals surface area contributed by atoms with E-state index in [1.807, 2.05) is 54.6 Å². The molecule has 2 heterocycles. The first kappa shape index (κ1) is 23.2. The third kappa shape index (κ3) is 3.57. The van der Waals surface area contributed by atoms with Gasteiger partial charge in [0.1, 0.15) is 11.5 Å². The maximum atomic E-state index is 13.2. The van der Waals surface area contributed by atoms with Crippen molar-refractivity contribution < 1.29 is 14.3 Å². The fourth-order valence-corrected chi connectivity index (χ4v) is 5.72. The van der Waals surface area contributed by atoms with Gasteiger partial charge in [-0.25, -0.2) is 4.79 Å². The minimum absolute atomic E-state index is 0.315. The molecule has 1 spiro atoms. The lowest BCUT2D eigenvalue weighted by Gasteiger charge is -2.38. The van der Waals surface area contributed by atoms with Gasteiger partial charge < -0.3 is 19.7 Å². The first-order valence-electron chi connectivity index (χ1n) is 12.9. The van der Waals surface area contributed by atoms with Crippen molar-refractivity contribution in [2.45, 2.75) is 32.9 Å². The zero-order valence-corrected chi connectivity index (χ0v) is 21.4. The van der Waals surface area contributed by atoms with E-state index in [0.29, 0.717) is 23.6 Å². The van der Waals surface area contributed by atoms with Crippen molar-refractivity contribution in [2.75, 3.05) is 23.3 Å². The molecular weight excluding hydrogens is 460 g/mol. The molecule has 0 saturated carbocycles. The minimum atomic E-state index is -1.08. The van der Waals surface area contributed by atoms with Crippen LogP contribution in [-0.4, -0.2) is 19.1 Å². The molecule has 186 valence electrons. The fraction of sp³-hybridized carbons (Fsp3) is 0.219. The van der Waals surface area contributed by atoms with Gasteiger partial charge in [0.05, 0.1) is 11.1 Å². The van der Waals surface area contributed by atoms with Crippen molar-refractivity contribution >= 4 is 17.3 Å². The number of carbonyl (C=O) groups is 1. The number of hydrogen-bond donors (Lipinski definition) is 1. The summed E-state index contributed by atoms with van der Waals surface area (Å²) in [5, 5.41) is 3.58. The Morgan fingerprint density at radius 2 is 1.59 bits per heavy atom. The van der Waals surface area contributed by atoms with Crippen molar-refractivity contribution in [2.24, 2.45) is 0 Å². The molecule has 2 aliphatic rings. The number of carbonyl (C=O) groups excluding carboxylic acids is 1. The molecule has 0 bridgehead atoms. The molecule has 6 rings (SSSR count). The van der Waals surface area contributed by atoms with E-state index in [-0.39, 0.29) is 5.97 Å². The number of rotatable bonds is 6. The molecular formula is C32H30N2O3. The molecule has 1 N–H and O–H groups in total. The summed E-state index contributed by atoms with van der Waals surface area (Å²) in [6, 6.07) is 28.3. The number of ether oxygens (including phenoxy) is 2. The van der Waals surface area contributed by atoms with Gasteiger partial charge in [0.25, 0.3) is 0 Å². The van der Waals surface area contributed by atoms with Gasteiger partial charge in [0.2, 0.25) is 0 Å². The van der Waals surface area contributed by atoms with E-state index >= 15 is 0 Å². The van der Waals surface area contributed by atoms with Crippen LogP contribution in [-0.2, 0) is 16.9 Å². The van der Waals surface area contributed by atoms with Crippen LogP contribution in [0.15, 0.2) is 84.9 Å². The molecule has 4 aromatic rings. The zero-order valence-electron chi connectivity index (χ0n) is 21.4. The normalized spacial score (nSPS) is 16.9. The molecule has 0 radical (unpaired) electrons. The highest BCUT2D eigenvalue weighted by Crippen LogP contribution is 2.58. The molecule has 1 unspecified atom stereocenters. The second kappa shape index (κ2) is 9.00. The molecule has 5 nitrogen and oxygen atoms in total. The molecule has 0 saturated heterocycles. The monoisotopic (exact) mass is 490 g/mol. The Labute approximate surface area is 217 Å². The third-order valence-corrected chi connectivity index (χ3v) is 7.57. The lowest BCUT2D eigenvalue weighted by Crippen LogP contribution is -2.34. The highest BCUT2D eigenvalue weighted by atomic mass is 16.6. The van der Waals surface area contributed by atoms with E-state index in [0.717, 1.165) is 46.7 Å². The second-order valence-electron chi connectivity index (χ2n) is 9.52. The maximum absolute atomic E-state index is 13.2. The van der Waals surface area contributed by atoms with Gasteiger partial charge in [-0.05, 0) is 62.2 Å². The molecule has 2 aliphatic heterocycles. The van der Waals surface area contributed by atoms with E-state index in [9.17, 15) is 4.79 Å². The third-order valence-electron chi connectivity index (χ3n) is 7.57. The SMILES string of the molecule is CCN(CC)c1ccc2c(c1)Oc1ccc(NCc3ccccc3)c(C)c1C21OC(=O)c2ccccc21. The largest absolute Gasteiger partial charge is 0.456 e. The quantitative estimate of drug-likeness (QED) is 0.294. The predicted molar refractivity (Wildman–Crippen MR) is 147 cm³/mol. The summed E-state index contributed by atoms with van der Waals surface area (Å²) in [5.41, 5.74) is 6.33. The van der Waals surface area contributed by atoms with Crippen LogP contribution in [0.2, 0.25) is 0 Å². The molecule has 5 heteroatoms. The number of anilines is 2. The maximum Gasteiger partial charge on any atom is 0.340 e. The number of esters is 1. The van der Waals surface area contributed by atoms with Gasteiger partial charge in [-0.2, -0.15) is 0 Å². The van der Waals surface area contributed by atoms with Crippen LogP contribution in [0.5, 0.6) is 11.5 Å². The summed E-state index contributed by atoms with van der Waals surface area (Å²) in [5.74, 6) is 1.10. The van der Waals surface area contributed by atoms with Gasteiger partial charge in [0, 0.05) is 48.2 Å². The highest BCUT2D eigenvalue weighted by molar-refractivity contribution is 5.97. The van der Waals surface area contributed by atoms with Crippen molar-refractivity contribution in [3.05, 3.63) is 118 Å². The fourth-order valence-electron chi connectivity index (χ4n) is 5.72. The molecule has 1 atom stereocenters. The average molecular weight is 491 g/mol. The number of fused-ring (bicyclic) bond motifs is 6. The summed E-state index contributed by atoms with van der Waals surface area (Å²) in [7, 11) is 0. The van der Waals surface area contributed by atoms with E-state index in [1.165, 1.54) is 5.56 Å². The van der Waals surface area contributed by atoms with E-state index < -0.39 is 5.60 Å². The topological polar surface area (TPSA) is 50.8 Å². The van der Waals surface area contributed by atoms with Crippen LogP contribution in [0.1, 0.15) is 52.0 Å². The summed E-state index contributed by atoms with van der Waals surface area (Å²) >= 11 is 0. The minimum Gasteiger partial charge on any atom is -0.456 e. The first-order valence-corrected chi connectivity index (χ1v) is 12.9. The number of nitrogens with one attached hydrogen (secondary N) is 1. The Balaban J connectivity index is 1.53. The lowest BCUT2D eigenvalue weighted by molar-refractivity contribution is 0.0223. The van der Waals surface area contributed by atoms with Gasteiger partial charge in [-0.1, -0.05) is 48.5 Å². The Morgan fingerprint density at radius 1 is 0.838 bits per heavy atom. The standard InChI is InChI=1S/C32H30N2O3/c1-4-34(5-2)23-15-16-26-29(19-23)36-28-18-17-27(33-20-22-11-7-6-8-12-22)21(3)30(28)32(26)25-14-10-9-13-24(25)31(35)37-32/h6-19,33H,4-5,20H2,1-3H3. The van der Waals surface area contributed by atoms with Crippen molar-refractivity contribution in [1.29, 1.82) is 0 Å². The lowest BCUT2D eigenvalue weighted by atomic mass is 9.75. The smallest absolute Gasteiger partial charge is 0.340 e. The Morgan fingerprint density at radius 3 is 2.38 bits per heavy atom. The van der Waals surface area contributed by atoms with Crippen LogP contribution in [0.25, 0.3) is 0 Å². The Bertz CT molecular complexity index is 1490. The Kier molecular flexibility index (Phi) is 5.64. The van der Waals surface area contributed by atoms with Gasteiger partial charge in [-0.15, -0.1) is 0 Å². The first-order chi connectivity index (χ1) is 18.1. The summed E-state index contributed by atoms with van der Waals surface area (Å²) < 4.78 is 13.0. The average Bonchev–Trinajstić information content (AvgIpc) is 3.22. The predicted octanol–water partition coefficient (Wildman–Crippen LogP) is 7.02. The second-order valence-corrected chi connectivity index (χ2v) is 9.52. The van der Waals surface area contributed by atoms with Crippen molar-refractivity contribution in [1.82, 2.24) is 0 Å². The highest BCUT2D eigenvalue weighted by Gasteiger charge is 2.54. The summed E-state index contributed by atoms with van der Waals surface area (Å²) in [6.45, 7) is 8.83. The number of benzene rings is 4. The van der Waals surface area contributed by atoms with Crippen LogP contribution >= 0.6 is 0 Å². The van der Waals surface area contributed by atoms with Crippen LogP contribution in [0.3, 0.4) is 0 Å². The van der Waals surface area contributed by atoms with Crippen LogP contribution < -0.4 is 15.0 Å². The molecule has 0 amide bonds. The van der Waals surface area contributed by atoms with Crippen LogP contribution in [0.4, 0.5) is 11.4 Å². The molecule has 37 heavy (non-hydrogen) atoms. The van der Waals surface area contributed by atoms with E-state index in [2.05, 4.69) is 61.3 Å². The van der Waals surface area contributed by atoms with Crippen LogP contribution in [0, 0.1) is 6.92 Å². The van der Waals surface area contributed by atoms with Crippen molar-refractivity contribution in [3.63, 3.8) is 0 Å². The van der Waals surface area contributed by atoms with Gasteiger partial charge in [0.15, 0.2) is 5.60 Å². The molecule has 4 aromatic carbocycles. The number of hydrogen-bond acceptors (Lipinski definition) is 5. The Hall–Kier alpha value is -4.25. The summed E-state index contributed by atoms with van der Waals surface area (Å²) in [6.07, 6.45) is 0. The van der Waals surface area contributed by atoms with E-state index in [4.69, 9.17) is 9.47 Å². The van der Waals surface area contributed by atoms with Crippen molar-refractivity contribution in [3.8, 4) is 11.5 Å². The molecule has 0 fully saturated rings. The molecule has 0 aliphatic carbocycles. The number of nitrogens with zero attached hydrogens (tertiary/aromatic N) is 1. The summed E-state index contributed by atoms with van der Waals surface area (Å²) in [4.78, 5) is 15.5. The van der Waals surface area contributed by atoms with Gasteiger partial charge in [-0.3, -0.25) is 0 Å². The van der Waals surface area contributed by atoms with E-state index in [1.54, 1.807) is 0 Å². The molecule has 0 aromatic heterocycles. The van der Waals surface area contributed by atoms with Gasteiger partial charge >= 0.3 is 5.97 Å².